The molecule has 6 nitrogen and oxygen atoms in total. The predicted molar refractivity (Wildman–Crippen MR) is 127 cm³/mol. The first-order valence-electron chi connectivity index (χ1n) is 10.1. The van der Waals surface area contributed by atoms with E-state index in [2.05, 4.69) is 10.3 Å². The van der Waals surface area contributed by atoms with Gasteiger partial charge in [0, 0.05) is 11.3 Å². The molecule has 32 heavy (non-hydrogen) atoms. The van der Waals surface area contributed by atoms with Gasteiger partial charge in [0.2, 0.25) is 5.91 Å². The number of benzene rings is 3. The van der Waals surface area contributed by atoms with E-state index < -0.39 is 0 Å². The van der Waals surface area contributed by atoms with E-state index in [0.29, 0.717) is 33.9 Å². The van der Waals surface area contributed by atoms with E-state index in [4.69, 9.17) is 0 Å². The molecule has 4 rings (SSSR count). The quantitative estimate of drug-likeness (QED) is 0.260. The molecule has 0 aliphatic carbocycles. The standard InChI is InChI=1S/C25H21N3O3S/c1-17(29)19-10-7-11-20(14-19)26-23(30)16-32-25-27-22-13-6-5-12-21(22)24(31)28(25)15-18-8-3-2-4-9-18/h2-14H,15-16H2,1H3,(H,26,30). The summed E-state index contributed by atoms with van der Waals surface area (Å²) in [5, 5.41) is 3.82. The lowest BCUT2D eigenvalue weighted by atomic mass is 10.1. The van der Waals surface area contributed by atoms with Gasteiger partial charge < -0.3 is 5.32 Å². The second kappa shape index (κ2) is 9.62. The lowest BCUT2D eigenvalue weighted by molar-refractivity contribution is -0.113. The first-order valence-corrected chi connectivity index (χ1v) is 11.1. The molecule has 0 unspecified atom stereocenters. The van der Waals surface area contributed by atoms with Crippen LogP contribution in [-0.4, -0.2) is 27.0 Å². The molecule has 1 amide bonds. The molecule has 1 aromatic heterocycles. The third-order valence-electron chi connectivity index (χ3n) is 4.90. The van der Waals surface area contributed by atoms with Crippen LogP contribution in [0.25, 0.3) is 10.9 Å². The zero-order valence-corrected chi connectivity index (χ0v) is 18.3. The van der Waals surface area contributed by atoms with Gasteiger partial charge in [0.15, 0.2) is 10.9 Å². The SMILES string of the molecule is CC(=O)c1cccc(NC(=O)CSc2nc3ccccc3c(=O)n2Cc2ccccc2)c1. The largest absolute Gasteiger partial charge is 0.325 e. The number of hydrogen-bond acceptors (Lipinski definition) is 5. The summed E-state index contributed by atoms with van der Waals surface area (Å²) < 4.78 is 1.60. The average Bonchev–Trinajstić information content (AvgIpc) is 2.80. The maximum Gasteiger partial charge on any atom is 0.262 e. The minimum atomic E-state index is -0.246. The highest BCUT2D eigenvalue weighted by Crippen LogP contribution is 2.20. The second-order valence-corrected chi connectivity index (χ2v) is 8.20. The Hall–Kier alpha value is -3.71. The van der Waals surface area contributed by atoms with Gasteiger partial charge in [0.1, 0.15) is 0 Å². The van der Waals surface area contributed by atoms with Crippen LogP contribution in [0, 0.1) is 0 Å². The van der Waals surface area contributed by atoms with Crippen molar-refractivity contribution in [3.63, 3.8) is 0 Å². The van der Waals surface area contributed by atoms with Crippen LogP contribution in [0.1, 0.15) is 22.8 Å². The van der Waals surface area contributed by atoms with Crippen molar-refractivity contribution in [3.8, 4) is 0 Å². The normalized spacial score (nSPS) is 10.8. The predicted octanol–water partition coefficient (Wildman–Crippen LogP) is 4.38. The lowest BCUT2D eigenvalue weighted by Gasteiger charge is -2.13. The molecule has 0 aliphatic heterocycles. The average molecular weight is 444 g/mol. The highest BCUT2D eigenvalue weighted by atomic mass is 32.2. The molecule has 0 saturated heterocycles. The fourth-order valence-corrected chi connectivity index (χ4v) is 4.10. The summed E-state index contributed by atoms with van der Waals surface area (Å²) in [4.78, 5) is 41.9. The van der Waals surface area contributed by atoms with Gasteiger partial charge in [0.25, 0.3) is 5.56 Å². The summed E-state index contributed by atoms with van der Waals surface area (Å²) in [6, 6.07) is 23.7. The molecule has 4 aromatic rings. The minimum Gasteiger partial charge on any atom is -0.325 e. The van der Waals surface area contributed by atoms with Crippen molar-refractivity contribution in [1.82, 2.24) is 9.55 Å². The van der Waals surface area contributed by atoms with Crippen LogP contribution in [0.15, 0.2) is 88.8 Å². The van der Waals surface area contributed by atoms with Gasteiger partial charge in [-0.25, -0.2) is 4.98 Å². The zero-order chi connectivity index (χ0) is 22.5. The molecule has 0 aliphatic rings. The minimum absolute atomic E-state index is 0.0687. The van der Waals surface area contributed by atoms with Crippen molar-refractivity contribution in [3.05, 3.63) is 100 Å². The highest BCUT2D eigenvalue weighted by molar-refractivity contribution is 7.99. The topological polar surface area (TPSA) is 81.1 Å². The van der Waals surface area contributed by atoms with E-state index in [-0.39, 0.29) is 23.0 Å². The Bertz CT molecular complexity index is 1350. The van der Waals surface area contributed by atoms with Gasteiger partial charge in [-0.15, -0.1) is 0 Å². The molecular weight excluding hydrogens is 422 g/mol. The number of nitrogens with one attached hydrogen (secondary N) is 1. The maximum absolute atomic E-state index is 13.2. The summed E-state index contributed by atoms with van der Waals surface area (Å²) in [6.45, 7) is 1.84. The van der Waals surface area contributed by atoms with E-state index in [1.54, 1.807) is 41.0 Å². The van der Waals surface area contributed by atoms with E-state index in [0.717, 1.165) is 5.56 Å². The Morgan fingerprint density at radius 3 is 2.50 bits per heavy atom. The molecule has 0 bridgehead atoms. The second-order valence-electron chi connectivity index (χ2n) is 7.26. The fraction of sp³-hybridized carbons (Fsp3) is 0.120. The number of rotatable bonds is 7. The molecular formula is C25H21N3O3S. The first kappa shape index (κ1) is 21.5. The molecule has 0 spiro atoms. The molecule has 3 aromatic carbocycles. The van der Waals surface area contributed by atoms with Gasteiger partial charge in [-0.3, -0.25) is 19.0 Å². The Morgan fingerprint density at radius 1 is 0.969 bits per heavy atom. The van der Waals surface area contributed by atoms with Crippen LogP contribution >= 0.6 is 11.8 Å². The number of nitrogens with zero attached hydrogens (tertiary/aromatic N) is 2. The highest BCUT2D eigenvalue weighted by Gasteiger charge is 2.14. The number of para-hydroxylation sites is 1. The number of fused-ring (bicyclic) bond motifs is 1. The van der Waals surface area contributed by atoms with Crippen molar-refractivity contribution in [2.45, 2.75) is 18.6 Å². The maximum atomic E-state index is 13.2. The van der Waals surface area contributed by atoms with Crippen molar-refractivity contribution in [2.75, 3.05) is 11.1 Å². The van der Waals surface area contributed by atoms with Crippen molar-refractivity contribution >= 4 is 40.0 Å². The summed E-state index contributed by atoms with van der Waals surface area (Å²) in [5.41, 5.74) is 2.51. The van der Waals surface area contributed by atoms with Gasteiger partial charge in [-0.1, -0.05) is 66.4 Å². The van der Waals surface area contributed by atoms with Crippen LogP contribution in [0.2, 0.25) is 0 Å². The molecule has 0 fully saturated rings. The summed E-state index contributed by atoms with van der Waals surface area (Å²) in [6.07, 6.45) is 0. The number of thioether (sulfide) groups is 1. The number of aromatic nitrogens is 2. The number of Topliss-reactive ketones (excluding diaryl/α,β-unsaturated/α-hetero) is 1. The third-order valence-corrected chi connectivity index (χ3v) is 5.87. The smallest absolute Gasteiger partial charge is 0.262 e. The Kier molecular flexibility index (Phi) is 6.47. The third kappa shape index (κ3) is 4.95. The number of carbonyl (C=O) groups is 2. The lowest BCUT2D eigenvalue weighted by Crippen LogP contribution is -2.24. The number of hydrogen-bond donors (Lipinski definition) is 1. The van der Waals surface area contributed by atoms with Gasteiger partial charge in [-0.2, -0.15) is 0 Å². The number of ketones is 1. The van der Waals surface area contributed by atoms with E-state index >= 15 is 0 Å². The van der Waals surface area contributed by atoms with E-state index in [1.807, 2.05) is 42.5 Å². The fourth-order valence-electron chi connectivity index (χ4n) is 3.31. The zero-order valence-electron chi connectivity index (χ0n) is 17.4. The Morgan fingerprint density at radius 2 is 1.72 bits per heavy atom. The summed E-state index contributed by atoms with van der Waals surface area (Å²) in [7, 11) is 0. The monoisotopic (exact) mass is 443 g/mol. The number of anilines is 1. The summed E-state index contributed by atoms with van der Waals surface area (Å²) in [5.74, 6) is -0.241. The van der Waals surface area contributed by atoms with Crippen LogP contribution in [0.5, 0.6) is 0 Å². The first-order chi connectivity index (χ1) is 15.5. The number of carbonyl (C=O) groups excluding carboxylic acids is 2. The Balaban J connectivity index is 1.58. The van der Waals surface area contributed by atoms with Crippen LogP contribution in [0.4, 0.5) is 5.69 Å². The van der Waals surface area contributed by atoms with Gasteiger partial charge in [0.05, 0.1) is 23.2 Å². The van der Waals surface area contributed by atoms with Crippen molar-refractivity contribution in [1.29, 1.82) is 0 Å². The molecule has 0 saturated carbocycles. The van der Waals surface area contributed by atoms with Gasteiger partial charge >= 0.3 is 0 Å². The molecule has 0 radical (unpaired) electrons. The van der Waals surface area contributed by atoms with Crippen LogP contribution in [0.3, 0.4) is 0 Å². The molecule has 7 heteroatoms. The van der Waals surface area contributed by atoms with Crippen molar-refractivity contribution < 1.29 is 9.59 Å². The summed E-state index contributed by atoms with van der Waals surface area (Å²) >= 11 is 1.21. The molecule has 0 atom stereocenters. The number of amides is 1. The van der Waals surface area contributed by atoms with Crippen LogP contribution in [-0.2, 0) is 11.3 Å². The Labute approximate surface area is 189 Å². The molecule has 160 valence electrons. The van der Waals surface area contributed by atoms with Crippen LogP contribution < -0.4 is 10.9 Å². The molecule has 1 N–H and O–H groups in total. The van der Waals surface area contributed by atoms with E-state index in [1.165, 1.54) is 18.7 Å². The van der Waals surface area contributed by atoms with Gasteiger partial charge in [-0.05, 0) is 36.8 Å². The van der Waals surface area contributed by atoms with Crippen molar-refractivity contribution in [2.24, 2.45) is 0 Å². The van der Waals surface area contributed by atoms with E-state index in [9.17, 15) is 14.4 Å². The molecule has 1 heterocycles.